The Morgan fingerprint density at radius 1 is 1.21 bits per heavy atom. The van der Waals surface area contributed by atoms with Gasteiger partial charge in [0.05, 0.1) is 19.6 Å². The number of pyridine rings is 1. The smallest absolute Gasteiger partial charge is 0.247 e. The Bertz CT molecular complexity index is 1300. The van der Waals surface area contributed by atoms with Gasteiger partial charge in [0.2, 0.25) is 15.9 Å². The number of likely N-dealkylation sites (N-methyl/N-ethyl adjacent to an activating group) is 1. The summed E-state index contributed by atoms with van der Waals surface area (Å²) < 4.78 is 35.2. The molecule has 210 valence electrons. The average molecular weight is 554 g/mol. The van der Waals surface area contributed by atoms with E-state index in [1.165, 1.54) is 23.6 Å². The highest BCUT2D eigenvalue weighted by Gasteiger charge is 2.38. The van der Waals surface area contributed by atoms with E-state index in [2.05, 4.69) is 16.8 Å². The lowest BCUT2D eigenvalue weighted by Gasteiger charge is -2.37. The van der Waals surface area contributed by atoms with E-state index >= 15 is 0 Å². The molecule has 1 saturated carbocycles. The van der Waals surface area contributed by atoms with E-state index in [9.17, 15) is 18.3 Å². The van der Waals surface area contributed by atoms with Gasteiger partial charge in [0, 0.05) is 49.4 Å². The van der Waals surface area contributed by atoms with Crippen LogP contribution in [0.2, 0.25) is 0 Å². The fraction of sp³-hybridized carbons (Fsp3) is 0.533. The number of aromatic nitrogens is 1. The molecular weight excluding hydrogens is 514 g/mol. The first-order valence-corrected chi connectivity index (χ1v) is 15.2. The monoisotopic (exact) mass is 553 g/mol. The number of hydrogen-bond acceptors (Lipinski definition) is 6. The van der Waals surface area contributed by atoms with Crippen molar-refractivity contribution in [1.29, 1.82) is 0 Å². The van der Waals surface area contributed by atoms with Crippen LogP contribution >= 0.6 is 0 Å². The summed E-state index contributed by atoms with van der Waals surface area (Å²) >= 11 is 0. The van der Waals surface area contributed by atoms with E-state index in [4.69, 9.17) is 4.74 Å². The van der Waals surface area contributed by atoms with Gasteiger partial charge < -0.3 is 14.7 Å². The van der Waals surface area contributed by atoms with Crippen LogP contribution in [0.25, 0.3) is 0 Å². The van der Waals surface area contributed by atoms with Crippen molar-refractivity contribution in [3.63, 3.8) is 0 Å². The Morgan fingerprint density at radius 3 is 2.62 bits per heavy atom. The lowest BCUT2D eigenvalue weighted by Crippen LogP contribution is -2.50. The van der Waals surface area contributed by atoms with Crippen molar-refractivity contribution in [2.75, 3.05) is 26.7 Å². The molecule has 3 atom stereocenters. The number of amides is 1. The number of hydrogen-bond donors (Lipinski definition) is 1. The minimum atomic E-state index is -3.93. The van der Waals surface area contributed by atoms with Crippen LogP contribution in [0.1, 0.15) is 57.1 Å². The lowest BCUT2D eigenvalue weighted by molar-refractivity contribution is -0.130. The van der Waals surface area contributed by atoms with Crippen LogP contribution < -0.4 is 4.74 Å². The van der Waals surface area contributed by atoms with Gasteiger partial charge in [0.25, 0.3) is 0 Å². The van der Waals surface area contributed by atoms with Crippen molar-refractivity contribution in [3.05, 3.63) is 53.9 Å². The fourth-order valence-electron chi connectivity index (χ4n) is 5.14. The van der Waals surface area contributed by atoms with Crippen molar-refractivity contribution < 1.29 is 23.1 Å². The molecule has 1 amide bonds. The molecule has 1 fully saturated rings. The second kappa shape index (κ2) is 12.9. The van der Waals surface area contributed by atoms with E-state index in [1.807, 2.05) is 19.1 Å². The summed E-state index contributed by atoms with van der Waals surface area (Å²) in [6.45, 7) is 3.74. The maximum Gasteiger partial charge on any atom is 0.247 e. The first-order chi connectivity index (χ1) is 18.7. The third kappa shape index (κ3) is 7.18. The minimum Gasteiger partial charge on any atom is -0.487 e. The standard InChI is InChI=1S/C30H39N3O5S/c1-22-19-33(23(2)21-34)39(36,37)29-12-11-25(10-9-24-7-5-4-6-8-24)17-27(29)38-28(22)20-32(3)30(35)18-26-13-15-31-16-14-26/h11-17,22-24,28,34H,4-8,18-21H2,1-3H3/t22-,23-,28+/m1/s1. The van der Waals surface area contributed by atoms with Gasteiger partial charge in [-0.05, 0) is 55.7 Å². The molecule has 0 saturated heterocycles. The zero-order valence-electron chi connectivity index (χ0n) is 23.0. The van der Waals surface area contributed by atoms with Crippen LogP contribution in [-0.4, -0.2) is 72.5 Å². The average Bonchev–Trinajstić information content (AvgIpc) is 2.94. The predicted octanol–water partition coefficient (Wildman–Crippen LogP) is 3.48. The predicted molar refractivity (Wildman–Crippen MR) is 149 cm³/mol. The first kappa shape index (κ1) is 29.1. The van der Waals surface area contributed by atoms with E-state index in [1.54, 1.807) is 49.5 Å². The maximum absolute atomic E-state index is 13.7. The Hall–Kier alpha value is -2.93. The topological polar surface area (TPSA) is 100 Å². The van der Waals surface area contributed by atoms with Crippen LogP contribution in [0.3, 0.4) is 0 Å². The van der Waals surface area contributed by atoms with Crippen LogP contribution in [0.5, 0.6) is 5.75 Å². The number of sulfonamides is 1. The molecule has 1 aromatic heterocycles. The van der Waals surface area contributed by atoms with Crippen LogP contribution in [0.15, 0.2) is 47.6 Å². The molecule has 8 nitrogen and oxygen atoms in total. The third-order valence-corrected chi connectivity index (χ3v) is 9.70. The maximum atomic E-state index is 13.7. The molecule has 2 aliphatic rings. The zero-order valence-corrected chi connectivity index (χ0v) is 23.9. The van der Waals surface area contributed by atoms with Gasteiger partial charge in [-0.2, -0.15) is 4.31 Å². The molecule has 0 bridgehead atoms. The van der Waals surface area contributed by atoms with E-state index < -0.39 is 22.2 Å². The summed E-state index contributed by atoms with van der Waals surface area (Å²) in [5.74, 6) is 6.87. The van der Waals surface area contributed by atoms with Crippen molar-refractivity contribution in [1.82, 2.24) is 14.2 Å². The summed E-state index contributed by atoms with van der Waals surface area (Å²) in [5.41, 5.74) is 1.57. The van der Waals surface area contributed by atoms with E-state index in [-0.39, 0.29) is 48.6 Å². The summed E-state index contributed by atoms with van der Waals surface area (Å²) in [4.78, 5) is 18.7. The Balaban J connectivity index is 1.64. The lowest BCUT2D eigenvalue weighted by atomic mass is 9.90. The van der Waals surface area contributed by atoms with Crippen molar-refractivity contribution in [2.24, 2.45) is 11.8 Å². The molecule has 39 heavy (non-hydrogen) atoms. The zero-order chi connectivity index (χ0) is 28.0. The summed E-state index contributed by atoms with van der Waals surface area (Å²) in [5, 5.41) is 9.86. The van der Waals surface area contributed by atoms with Gasteiger partial charge in [-0.25, -0.2) is 8.42 Å². The first-order valence-electron chi connectivity index (χ1n) is 13.8. The van der Waals surface area contributed by atoms with E-state index in [0.717, 1.165) is 18.4 Å². The highest BCUT2D eigenvalue weighted by molar-refractivity contribution is 7.89. The molecule has 1 N–H and O–H groups in total. The molecule has 1 aliphatic carbocycles. The SMILES string of the molecule is C[C@@H]1CN([C@H](C)CO)S(=O)(=O)c2ccc(C#CC3CCCCC3)cc2O[C@H]1CN(C)C(=O)Cc1ccncc1. The number of carbonyl (C=O) groups excluding carboxylic acids is 1. The molecule has 0 unspecified atom stereocenters. The quantitative estimate of drug-likeness (QED) is 0.550. The molecule has 4 rings (SSSR count). The van der Waals surface area contributed by atoms with Gasteiger partial charge >= 0.3 is 0 Å². The molecule has 2 heterocycles. The number of benzene rings is 1. The number of nitrogens with zero attached hydrogens (tertiary/aromatic N) is 3. The van der Waals surface area contributed by atoms with Crippen molar-refractivity contribution in [3.8, 4) is 17.6 Å². The van der Waals surface area contributed by atoms with Gasteiger partial charge in [-0.15, -0.1) is 0 Å². The van der Waals surface area contributed by atoms with Crippen LogP contribution in [0, 0.1) is 23.7 Å². The number of aliphatic hydroxyl groups excluding tert-OH is 1. The second-order valence-electron chi connectivity index (χ2n) is 10.8. The minimum absolute atomic E-state index is 0.0497. The van der Waals surface area contributed by atoms with Crippen LogP contribution in [0.4, 0.5) is 0 Å². The van der Waals surface area contributed by atoms with Crippen LogP contribution in [-0.2, 0) is 21.2 Å². The number of carbonyl (C=O) groups is 1. The van der Waals surface area contributed by atoms with Crippen molar-refractivity contribution >= 4 is 15.9 Å². The Kier molecular flexibility index (Phi) is 9.65. The molecule has 0 radical (unpaired) electrons. The van der Waals surface area contributed by atoms with E-state index in [0.29, 0.717) is 11.5 Å². The highest BCUT2D eigenvalue weighted by Crippen LogP contribution is 2.34. The van der Waals surface area contributed by atoms with Gasteiger partial charge in [0.1, 0.15) is 16.7 Å². The largest absolute Gasteiger partial charge is 0.487 e. The normalized spacial score (nSPS) is 22.3. The molecule has 1 aliphatic heterocycles. The highest BCUT2D eigenvalue weighted by atomic mass is 32.2. The molecule has 1 aromatic carbocycles. The third-order valence-electron chi connectivity index (χ3n) is 7.68. The Morgan fingerprint density at radius 2 is 1.92 bits per heavy atom. The number of fused-ring (bicyclic) bond motifs is 1. The molecular formula is C30H39N3O5S. The number of rotatable bonds is 6. The van der Waals surface area contributed by atoms with Gasteiger partial charge in [0.15, 0.2) is 0 Å². The number of ether oxygens (including phenoxy) is 1. The number of aliphatic hydroxyl groups is 1. The molecule has 9 heteroatoms. The Labute approximate surface area is 232 Å². The van der Waals surface area contributed by atoms with Gasteiger partial charge in [-0.1, -0.05) is 38.0 Å². The van der Waals surface area contributed by atoms with Gasteiger partial charge in [-0.3, -0.25) is 9.78 Å². The fourth-order valence-corrected chi connectivity index (χ4v) is 6.96. The van der Waals surface area contributed by atoms with Crippen molar-refractivity contribution in [2.45, 2.75) is 69.4 Å². The summed E-state index contributed by atoms with van der Waals surface area (Å²) in [6.07, 6.45) is 8.90. The summed E-state index contributed by atoms with van der Waals surface area (Å²) in [6, 6.07) is 7.99. The molecule has 0 spiro atoms. The summed E-state index contributed by atoms with van der Waals surface area (Å²) in [7, 11) is -2.20. The molecule has 2 aromatic rings. The second-order valence-corrected chi connectivity index (χ2v) is 12.7.